The Hall–Kier alpha value is -4.20. The summed E-state index contributed by atoms with van der Waals surface area (Å²) < 4.78 is 5.48. The van der Waals surface area contributed by atoms with Gasteiger partial charge in [0, 0.05) is 51.8 Å². The molecule has 0 saturated carbocycles. The SMILES string of the molecule is Nc1nc(C(=NOC(C(=O)O)c2ccccc2)C(=O)NC2(C=S)C(=O)N3C(C(=O)O)=C(N4NC=CS4)CS[C@H]32)ns1. The Balaban J connectivity index is 1.45. The molecule has 15 nitrogen and oxygen atoms in total. The van der Waals surface area contributed by atoms with E-state index in [0.717, 1.165) is 21.8 Å². The minimum Gasteiger partial charge on any atom is -0.478 e. The van der Waals surface area contributed by atoms with Gasteiger partial charge in [-0.3, -0.25) is 19.9 Å². The molecule has 41 heavy (non-hydrogen) atoms. The van der Waals surface area contributed by atoms with Gasteiger partial charge < -0.3 is 26.1 Å². The number of carboxylic acids is 2. The number of carbonyl (C=O) groups excluding carboxylic acids is 2. The molecule has 0 bridgehead atoms. The minimum atomic E-state index is -1.80. The summed E-state index contributed by atoms with van der Waals surface area (Å²) in [5.41, 5.74) is 6.51. The van der Waals surface area contributed by atoms with E-state index >= 15 is 0 Å². The van der Waals surface area contributed by atoms with E-state index in [9.17, 15) is 29.4 Å². The molecule has 4 heterocycles. The first-order chi connectivity index (χ1) is 19.7. The number of anilines is 1. The van der Waals surface area contributed by atoms with Crippen LogP contribution < -0.4 is 16.5 Å². The van der Waals surface area contributed by atoms with Crippen molar-refractivity contribution >= 4 is 87.4 Å². The number of benzene rings is 1. The number of nitrogen functional groups attached to an aromatic ring is 1. The molecule has 3 atom stereocenters. The maximum absolute atomic E-state index is 13.6. The third-order valence-corrected chi connectivity index (χ3v) is 8.96. The van der Waals surface area contributed by atoms with E-state index in [1.165, 1.54) is 40.3 Å². The highest BCUT2D eigenvalue weighted by atomic mass is 32.2. The van der Waals surface area contributed by atoms with E-state index in [-0.39, 0.29) is 28.0 Å². The number of aliphatic carboxylic acids is 2. The van der Waals surface area contributed by atoms with Crippen LogP contribution >= 0.6 is 47.5 Å². The molecule has 0 aliphatic carbocycles. The number of nitrogens with one attached hydrogen (secondary N) is 2. The van der Waals surface area contributed by atoms with Gasteiger partial charge in [-0.1, -0.05) is 47.7 Å². The third kappa shape index (κ3) is 5.07. The molecule has 6 N–H and O–H groups in total. The highest BCUT2D eigenvalue weighted by Gasteiger charge is 2.65. The van der Waals surface area contributed by atoms with Crippen molar-refractivity contribution in [1.29, 1.82) is 0 Å². The van der Waals surface area contributed by atoms with Crippen molar-refractivity contribution in [3.8, 4) is 0 Å². The van der Waals surface area contributed by atoms with E-state index in [1.807, 2.05) is 0 Å². The maximum atomic E-state index is 13.6. The van der Waals surface area contributed by atoms with Gasteiger partial charge in [-0.25, -0.2) is 14.0 Å². The number of carbonyl (C=O) groups is 4. The summed E-state index contributed by atoms with van der Waals surface area (Å²) in [6, 6.07) is 7.90. The zero-order valence-corrected chi connectivity index (χ0v) is 23.6. The molecule has 2 aromatic rings. The van der Waals surface area contributed by atoms with Crippen LogP contribution in [0, 0.1) is 0 Å². The van der Waals surface area contributed by atoms with Crippen LogP contribution in [0.1, 0.15) is 17.5 Å². The molecule has 2 unspecified atom stereocenters. The molecule has 5 rings (SSSR count). The highest BCUT2D eigenvalue weighted by Crippen LogP contribution is 2.47. The first-order valence-corrected chi connectivity index (χ1v) is 14.5. The molecule has 19 heteroatoms. The Kier molecular flexibility index (Phi) is 7.84. The van der Waals surface area contributed by atoms with Gasteiger partial charge in [0.05, 0.1) is 5.70 Å². The van der Waals surface area contributed by atoms with Crippen LogP contribution in [0.3, 0.4) is 0 Å². The lowest BCUT2D eigenvalue weighted by Crippen LogP contribution is -2.81. The van der Waals surface area contributed by atoms with Crippen LogP contribution in [-0.4, -0.2) is 80.4 Å². The number of hydrogen-bond donors (Lipinski definition) is 5. The molecule has 1 aromatic heterocycles. The number of aromatic nitrogens is 2. The lowest BCUT2D eigenvalue weighted by atomic mass is 9.88. The zero-order chi connectivity index (χ0) is 29.3. The Labute approximate surface area is 248 Å². The second kappa shape index (κ2) is 11.4. The smallest absolute Gasteiger partial charge is 0.354 e. The van der Waals surface area contributed by atoms with Crippen LogP contribution in [0.15, 0.2) is 58.5 Å². The molecule has 212 valence electrons. The summed E-state index contributed by atoms with van der Waals surface area (Å²) in [7, 11) is 0. The third-order valence-electron chi connectivity index (χ3n) is 5.91. The van der Waals surface area contributed by atoms with Crippen LogP contribution in [0.25, 0.3) is 0 Å². The predicted octanol–water partition coefficient (Wildman–Crippen LogP) is 0.672. The van der Waals surface area contributed by atoms with Crippen molar-refractivity contribution in [2.75, 3.05) is 11.5 Å². The first kappa shape index (κ1) is 28.3. The van der Waals surface area contributed by atoms with Gasteiger partial charge in [-0.2, -0.15) is 9.36 Å². The molecular formula is C22H18N8O7S4. The second-order valence-electron chi connectivity index (χ2n) is 8.34. The van der Waals surface area contributed by atoms with Crippen LogP contribution in [0.2, 0.25) is 0 Å². The molecular weight excluding hydrogens is 617 g/mol. The van der Waals surface area contributed by atoms with Gasteiger partial charge in [0.15, 0.2) is 16.4 Å². The number of nitrogens with two attached hydrogens (primary N) is 1. The molecule has 0 spiro atoms. The average molecular weight is 635 g/mol. The fraction of sp³-hybridized carbons (Fsp3) is 0.182. The van der Waals surface area contributed by atoms with Gasteiger partial charge in [-0.05, 0) is 0 Å². The molecule has 2 amide bonds. The number of thioether (sulfide) groups is 1. The highest BCUT2D eigenvalue weighted by molar-refractivity contribution is 8.01. The number of hydrogen-bond acceptors (Lipinski definition) is 15. The summed E-state index contributed by atoms with van der Waals surface area (Å²) in [6.07, 6.45) is 0.0276. The lowest BCUT2D eigenvalue weighted by Gasteiger charge is -2.55. The lowest BCUT2D eigenvalue weighted by molar-refractivity contribution is -0.153. The molecule has 1 fully saturated rings. The van der Waals surface area contributed by atoms with Crippen molar-refractivity contribution in [3.05, 3.63) is 64.7 Å². The van der Waals surface area contributed by atoms with Crippen LogP contribution in [-0.2, 0) is 24.0 Å². The Morgan fingerprint density at radius 1 is 1.32 bits per heavy atom. The van der Waals surface area contributed by atoms with Crippen molar-refractivity contribution in [2.24, 2.45) is 5.16 Å². The number of oxime groups is 1. The van der Waals surface area contributed by atoms with Crippen molar-refractivity contribution < 1.29 is 34.2 Å². The number of amides is 2. The van der Waals surface area contributed by atoms with E-state index in [4.69, 9.17) is 22.8 Å². The monoisotopic (exact) mass is 634 g/mol. The predicted molar refractivity (Wildman–Crippen MR) is 153 cm³/mol. The summed E-state index contributed by atoms with van der Waals surface area (Å²) in [4.78, 5) is 61.4. The van der Waals surface area contributed by atoms with E-state index in [1.54, 1.807) is 29.8 Å². The van der Waals surface area contributed by atoms with Gasteiger partial charge in [0.25, 0.3) is 11.8 Å². The summed E-state index contributed by atoms with van der Waals surface area (Å²) in [5, 5.41) is 27.8. The molecule has 0 radical (unpaired) electrons. The van der Waals surface area contributed by atoms with Crippen LogP contribution in [0.4, 0.5) is 5.13 Å². The number of thiocarbonyl (C=S) groups is 1. The van der Waals surface area contributed by atoms with Crippen molar-refractivity contribution in [3.63, 3.8) is 0 Å². The van der Waals surface area contributed by atoms with E-state index in [2.05, 4.69) is 25.3 Å². The summed E-state index contributed by atoms with van der Waals surface area (Å²) >= 11 is 8.30. The van der Waals surface area contributed by atoms with E-state index < -0.39 is 46.5 Å². The van der Waals surface area contributed by atoms with Crippen molar-refractivity contribution in [1.82, 2.24) is 29.4 Å². The van der Waals surface area contributed by atoms with Gasteiger partial charge in [0.1, 0.15) is 5.37 Å². The van der Waals surface area contributed by atoms with Crippen LogP contribution in [0.5, 0.6) is 0 Å². The van der Waals surface area contributed by atoms with E-state index in [0.29, 0.717) is 5.70 Å². The minimum absolute atomic E-state index is 0.0109. The topological polar surface area (TPSA) is 213 Å². The Morgan fingerprint density at radius 3 is 2.66 bits per heavy atom. The Bertz CT molecular complexity index is 1520. The maximum Gasteiger partial charge on any atom is 0.354 e. The molecule has 1 saturated heterocycles. The normalized spacial score (nSPS) is 22.4. The van der Waals surface area contributed by atoms with Gasteiger partial charge >= 0.3 is 11.9 Å². The molecule has 3 aliphatic heterocycles. The number of rotatable bonds is 10. The number of hydrazine groups is 1. The summed E-state index contributed by atoms with van der Waals surface area (Å²) in [6.45, 7) is 0. The number of fused-ring (bicyclic) bond motifs is 1. The number of nitrogens with zero attached hydrogens (tertiary/aromatic N) is 5. The first-order valence-electron chi connectivity index (χ1n) is 11.4. The standard InChI is InChI=1S/C22H18N8O7S4/c23-21-25-15(28-41-21)12(27-37-14(18(34)35)10-4-2-1-3-5-10)16(31)26-22(9-38)19(36)29-13(17(32)33)11(8-39-20(22)29)30-24-6-7-40-30/h1-7,9,14,20,24H,8H2,(H,26,31)(H,32,33)(H,34,35)(H2,23,25,28)/t14?,20-,22?/m0/s1. The molecule has 1 aromatic carbocycles. The molecule has 3 aliphatic rings. The number of β-lactam (4-membered cyclic amide) rings is 1. The quantitative estimate of drug-likeness (QED) is 0.0799. The van der Waals surface area contributed by atoms with Gasteiger partial charge in [-0.15, -0.1) is 11.8 Å². The Morgan fingerprint density at radius 2 is 2.07 bits per heavy atom. The summed E-state index contributed by atoms with van der Waals surface area (Å²) in [5.74, 6) is -4.64. The largest absolute Gasteiger partial charge is 0.478 e. The second-order valence-corrected chi connectivity index (χ2v) is 11.3. The average Bonchev–Trinajstić information content (AvgIpc) is 3.65. The fourth-order valence-corrected chi connectivity index (χ4v) is 7.04. The fourth-order valence-electron chi connectivity index (χ4n) is 4.08. The van der Waals surface area contributed by atoms with Crippen molar-refractivity contribution in [2.45, 2.75) is 17.0 Å². The number of carboxylic acid groups (broad SMARTS) is 2. The van der Waals surface area contributed by atoms with Gasteiger partial charge in [0.2, 0.25) is 17.6 Å². The zero-order valence-electron chi connectivity index (χ0n) is 20.4.